The number of benzene rings is 3. The lowest BCUT2D eigenvalue weighted by Gasteiger charge is -2.27. The summed E-state index contributed by atoms with van der Waals surface area (Å²) in [6, 6.07) is 20.1. The number of fused-ring (bicyclic) bond motifs is 1. The minimum absolute atomic E-state index is 0.0814. The van der Waals surface area contributed by atoms with Gasteiger partial charge in [-0.15, -0.1) is 0 Å². The highest BCUT2D eigenvalue weighted by Crippen LogP contribution is 2.39. The first-order valence-electron chi connectivity index (χ1n) is 11.5. The Morgan fingerprint density at radius 3 is 2.53 bits per heavy atom. The zero-order valence-electron chi connectivity index (χ0n) is 19.8. The molecular weight excluding hydrogens is 429 g/mol. The van der Waals surface area contributed by atoms with Crippen molar-refractivity contribution in [1.82, 2.24) is 5.32 Å². The van der Waals surface area contributed by atoms with Crippen molar-refractivity contribution in [2.24, 2.45) is 0 Å². The average Bonchev–Trinajstić information content (AvgIpc) is 3.14. The molecule has 2 amide bonds. The van der Waals surface area contributed by atoms with Gasteiger partial charge >= 0.3 is 0 Å². The van der Waals surface area contributed by atoms with Crippen molar-refractivity contribution < 1.29 is 14.0 Å². The van der Waals surface area contributed by atoms with E-state index in [0.29, 0.717) is 13.0 Å². The van der Waals surface area contributed by atoms with Gasteiger partial charge in [0.2, 0.25) is 11.8 Å². The zero-order chi connectivity index (χ0) is 24.2. The van der Waals surface area contributed by atoms with Gasteiger partial charge in [-0.1, -0.05) is 48.5 Å². The average molecular weight is 460 g/mol. The van der Waals surface area contributed by atoms with Gasteiger partial charge in [-0.3, -0.25) is 9.59 Å². The Kier molecular flexibility index (Phi) is 6.96. The van der Waals surface area contributed by atoms with Crippen LogP contribution in [-0.4, -0.2) is 31.4 Å². The lowest BCUT2D eigenvalue weighted by atomic mass is 9.91. The van der Waals surface area contributed by atoms with E-state index in [1.54, 1.807) is 6.07 Å². The first-order chi connectivity index (χ1) is 16.3. The molecule has 2 N–H and O–H groups in total. The molecular formula is C28H30FN3O2. The number of likely N-dealkylation sites (N-methyl/N-ethyl adjacent to an activating group) is 1. The number of halogens is 1. The molecule has 5 nitrogen and oxygen atoms in total. The fraction of sp³-hybridized carbons (Fsp3) is 0.286. The van der Waals surface area contributed by atoms with Gasteiger partial charge in [-0.2, -0.15) is 0 Å². The number of nitrogens with one attached hydrogen (secondary N) is 2. The lowest BCUT2D eigenvalue weighted by Crippen LogP contribution is -2.44. The van der Waals surface area contributed by atoms with Crippen LogP contribution in [0.3, 0.4) is 0 Å². The summed E-state index contributed by atoms with van der Waals surface area (Å²) in [7, 11) is 1.88. The Balaban J connectivity index is 1.50. The highest BCUT2D eigenvalue weighted by molar-refractivity contribution is 6.06. The first kappa shape index (κ1) is 23.5. The van der Waals surface area contributed by atoms with E-state index < -0.39 is 5.92 Å². The van der Waals surface area contributed by atoms with Gasteiger partial charge in [0, 0.05) is 31.4 Å². The molecule has 0 radical (unpaired) electrons. The fourth-order valence-electron chi connectivity index (χ4n) is 4.67. The Morgan fingerprint density at radius 2 is 1.79 bits per heavy atom. The molecule has 1 aliphatic heterocycles. The number of rotatable bonds is 8. The molecule has 176 valence electrons. The van der Waals surface area contributed by atoms with Crippen LogP contribution < -0.4 is 15.5 Å². The molecule has 34 heavy (non-hydrogen) atoms. The Bertz CT molecular complexity index is 1200. The number of hydrogen-bond donors (Lipinski definition) is 2. The molecule has 1 unspecified atom stereocenters. The molecule has 0 saturated heterocycles. The number of carbonyl (C=O) groups is 2. The fourth-order valence-corrected chi connectivity index (χ4v) is 4.67. The first-order valence-corrected chi connectivity index (χ1v) is 11.5. The van der Waals surface area contributed by atoms with Crippen LogP contribution in [-0.2, 0) is 16.0 Å². The summed E-state index contributed by atoms with van der Waals surface area (Å²) < 4.78 is 13.7. The quantitative estimate of drug-likeness (QED) is 0.512. The second-order valence-corrected chi connectivity index (χ2v) is 9.05. The van der Waals surface area contributed by atoms with Gasteiger partial charge in [-0.25, -0.2) is 4.39 Å². The van der Waals surface area contributed by atoms with Crippen LogP contribution in [0, 0.1) is 19.7 Å². The smallest absolute Gasteiger partial charge is 0.232 e. The van der Waals surface area contributed by atoms with Crippen molar-refractivity contribution in [2.75, 3.05) is 23.8 Å². The second-order valence-electron chi connectivity index (χ2n) is 9.05. The van der Waals surface area contributed by atoms with E-state index >= 15 is 0 Å². The van der Waals surface area contributed by atoms with Gasteiger partial charge in [0.15, 0.2) is 0 Å². The molecule has 0 aliphatic carbocycles. The minimum Gasteiger partial charge on any atom is -0.372 e. The summed E-state index contributed by atoms with van der Waals surface area (Å²) in [5.41, 5.74) is 5.57. The number of aryl methyl sites for hydroxylation is 2. The van der Waals surface area contributed by atoms with E-state index in [9.17, 15) is 14.0 Å². The monoisotopic (exact) mass is 459 g/mol. The van der Waals surface area contributed by atoms with Crippen molar-refractivity contribution >= 4 is 23.2 Å². The van der Waals surface area contributed by atoms with Gasteiger partial charge in [0.05, 0.1) is 12.0 Å². The van der Waals surface area contributed by atoms with Gasteiger partial charge in [-0.05, 0) is 60.7 Å². The van der Waals surface area contributed by atoms with E-state index in [1.165, 1.54) is 12.1 Å². The Labute approximate surface area is 200 Å². The van der Waals surface area contributed by atoms with Gasteiger partial charge < -0.3 is 15.5 Å². The van der Waals surface area contributed by atoms with Crippen LogP contribution in [0.5, 0.6) is 0 Å². The second kappa shape index (κ2) is 10.1. The van der Waals surface area contributed by atoms with Crippen LogP contribution >= 0.6 is 0 Å². The van der Waals surface area contributed by atoms with Crippen LogP contribution in [0.25, 0.3) is 0 Å². The van der Waals surface area contributed by atoms with E-state index in [4.69, 9.17) is 0 Å². The molecule has 0 aromatic heterocycles. The number of nitrogens with zero attached hydrogens (tertiary/aromatic N) is 1. The van der Waals surface area contributed by atoms with E-state index in [0.717, 1.165) is 33.6 Å². The molecule has 3 aromatic rings. The predicted molar refractivity (Wildman–Crippen MR) is 134 cm³/mol. The maximum absolute atomic E-state index is 13.7. The van der Waals surface area contributed by atoms with Gasteiger partial charge in [0.1, 0.15) is 5.82 Å². The number of carbonyl (C=O) groups excluding carboxylic acids is 2. The third kappa shape index (κ3) is 5.28. The third-order valence-corrected chi connectivity index (χ3v) is 6.41. The van der Waals surface area contributed by atoms with Gasteiger partial charge in [0.25, 0.3) is 0 Å². The number of hydrogen-bond acceptors (Lipinski definition) is 3. The molecule has 0 spiro atoms. The van der Waals surface area contributed by atoms with Crippen molar-refractivity contribution in [1.29, 1.82) is 0 Å². The lowest BCUT2D eigenvalue weighted by molar-refractivity contribution is -0.125. The zero-order valence-corrected chi connectivity index (χ0v) is 19.8. The van der Waals surface area contributed by atoms with Crippen molar-refractivity contribution in [2.45, 2.75) is 38.6 Å². The molecule has 4 rings (SSSR count). The molecule has 0 saturated carbocycles. The molecule has 2 atom stereocenters. The summed E-state index contributed by atoms with van der Waals surface area (Å²) in [5, 5.41) is 6.09. The van der Waals surface area contributed by atoms with Crippen LogP contribution in [0.2, 0.25) is 0 Å². The van der Waals surface area contributed by atoms with Crippen LogP contribution in [0.4, 0.5) is 15.8 Å². The highest BCUT2D eigenvalue weighted by atomic mass is 19.1. The topological polar surface area (TPSA) is 61.4 Å². The molecule has 6 heteroatoms. The Hall–Kier alpha value is -3.67. The van der Waals surface area contributed by atoms with Crippen molar-refractivity contribution in [3.8, 4) is 0 Å². The summed E-state index contributed by atoms with van der Waals surface area (Å²) in [5.74, 6) is -1.13. The summed E-state index contributed by atoms with van der Waals surface area (Å²) >= 11 is 0. The molecule has 0 fully saturated rings. The molecule has 1 heterocycles. The van der Waals surface area contributed by atoms with E-state index in [2.05, 4.69) is 10.6 Å². The van der Waals surface area contributed by atoms with Crippen LogP contribution in [0.1, 0.15) is 34.6 Å². The Morgan fingerprint density at radius 1 is 1.06 bits per heavy atom. The maximum Gasteiger partial charge on any atom is 0.232 e. The normalized spacial score (nSPS) is 15.4. The number of anilines is 2. The van der Waals surface area contributed by atoms with Crippen LogP contribution in [0.15, 0.2) is 66.7 Å². The number of amides is 2. The van der Waals surface area contributed by atoms with Crippen molar-refractivity contribution in [3.05, 3.63) is 94.8 Å². The summed E-state index contributed by atoms with van der Waals surface area (Å²) in [4.78, 5) is 27.8. The standard InChI is InChI=1S/C28H30FN3O2/c1-18-12-13-19(2)27-26(18)24(28(34)31-27)16-25(33)30-22(14-20-8-5-4-6-9-20)17-32(3)23-11-7-10-21(29)15-23/h4-13,15,22,24H,14,16-17H2,1-3H3,(H,30,33)(H,31,34)/t22-,24?/m0/s1. The SMILES string of the molecule is Cc1ccc(C)c2c1NC(=O)C2CC(=O)N[C@@H](Cc1ccccc1)CN(C)c1cccc(F)c1. The largest absolute Gasteiger partial charge is 0.372 e. The minimum atomic E-state index is -0.506. The summed E-state index contributed by atoms with van der Waals surface area (Å²) in [6.07, 6.45) is 0.704. The third-order valence-electron chi connectivity index (χ3n) is 6.41. The molecule has 0 bridgehead atoms. The maximum atomic E-state index is 13.7. The predicted octanol–water partition coefficient (Wildman–Crippen LogP) is 4.73. The molecule has 3 aromatic carbocycles. The highest BCUT2D eigenvalue weighted by Gasteiger charge is 2.35. The summed E-state index contributed by atoms with van der Waals surface area (Å²) in [6.45, 7) is 4.42. The van der Waals surface area contributed by atoms with E-state index in [1.807, 2.05) is 74.3 Å². The van der Waals surface area contributed by atoms with E-state index in [-0.39, 0.29) is 30.1 Å². The van der Waals surface area contributed by atoms with Crippen molar-refractivity contribution in [3.63, 3.8) is 0 Å². The molecule has 1 aliphatic rings.